The molecule has 1 aliphatic carbocycles. The average molecular weight is 236 g/mol. The quantitative estimate of drug-likeness (QED) is 0.556. The van der Waals surface area contributed by atoms with Gasteiger partial charge in [0.05, 0.1) is 0 Å². The largest absolute Gasteiger partial charge is 0.324 e. The number of imide groups is 1. The third-order valence-corrected chi connectivity index (χ3v) is 3.06. The SMILES string of the molecule is O=C1CN(C(=O)CC2=CCCCC2)CC(=O)N1. The number of rotatable bonds is 2. The van der Waals surface area contributed by atoms with Crippen LogP contribution in [0.2, 0.25) is 0 Å². The molecule has 0 aromatic rings. The van der Waals surface area contributed by atoms with Crippen molar-refractivity contribution in [1.29, 1.82) is 0 Å². The van der Waals surface area contributed by atoms with Crippen molar-refractivity contribution >= 4 is 17.7 Å². The summed E-state index contributed by atoms with van der Waals surface area (Å²) in [6.45, 7) is -0.00426. The molecule has 1 fully saturated rings. The summed E-state index contributed by atoms with van der Waals surface area (Å²) in [5.41, 5.74) is 1.14. The number of carbonyl (C=O) groups excluding carboxylic acids is 3. The van der Waals surface area contributed by atoms with Crippen LogP contribution in [0.1, 0.15) is 32.1 Å². The van der Waals surface area contributed by atoms with E-state index in [4.69, 9.17) is 0 Å². The van der Waals surface area contributed by atoms with Crippen LogP contribution in [0.25, 0.3) is 0 Å². The molecule has 5 heteroatoms. The molecule has 0 spiro atoms. The van der Waals surface area contributed by atoms with Crippen molar-refractivity contribution in [1.82, 2.24) is 10.2 Å². The van der Waals surface area contributed by atoms with E-state index in [0.29, 0.717) is 6.42 Å². The van der Waals surface area contributed by atoms with E-state index >= 15 is 0 Å². The van der Waals surface area contributed by atoms with E-state index in [1.54, 1.807) is 0 Å². The minimum absolute atomic E-state index is 0.00213. The maximum Gasteiger partial charge on any atom is 0.246 e. The van der Waals surface area contributed by atoms with Gasteiger partial charge in [-0.3, -0.25) is 19.7 Å². The van der Waals surface area contributed by atoms with E-state index in [1.807, 2.05) is 0 Å². The molecule has 0 radical (unpaired) electrons. The Morgan fingerprint density at radius 3 is 2.53 bits per heavy atom. The maximum absolute atomic E-state index is 11.9. The molecule has 0 bridgehead atoms. The number of amides is 3. The lowest BCUT2D eigenvalue weighted by molar-refractivity contribution is -0.145. The van der Waals surface area contributed by atoms with Gasteiger partial charge >= 0.3 is 0 Å². The fourth-order valence-electron chi connectivity index (χ4n) is 2.18. The number of nitrogens with one attached hydrogen (secondary N) is 1. The molecule has 1 heterocycles. The van der Waals surface area contributed by atoms with E-state index in [2.05, 4.69) is 11.4 Å². The van der Waals surface area contributed by atoms with Crippen molar-refractivity contribution in [2.45, 2.75) is 32.1 Å². The van der Waals surface area contributed by atoms with Gasteiger partial charge in [-0.05, 0) is 25.7 Å². The molecular weight excluding hydrogens is 220 g/mol. The van der Waals surface area contributed by atoms with Gasteiger partial charge in [0.2, 0.25) is 17.7 Å². The van der Waals surface area contributed by atoms with E-state index in [0.717, 1.165) is 24.8 Å². The van der Waals surface area contributed by atoms with Crippen LogP contribution in [-0.4, -0.2) is 35.7 Å². The van der Waals surface area contributed by atoms with Gasteiger partial charge < -0.3 is 4.90 Å². The molecule has 0 unspecified atom stereocenters. The number of hydrogen-bond acceptors (Lipinski definition) is 3. The molecule has 5 nitrogen and oxygen atoms in total. The predicted octanol–water partition coefficient (Wildman–Crippen LogP) is 0.362. The Hall–Kier alpha value is -1.65. The van der Waals surface area contributed by atoms with Crippen molar-refractivity contribution in [2.24, 2.45) is 0 Å². The molecule has 92 valence electrons. The highest BCUT2D eigenvalue weighted by Crippen LogP contribution is 2.20. The molecule has 0 aromatic carbocycles. The number of piperazine rings is 1. The van der Waals surface area contributed by atoms with Gasteiger partial charge in [0.1, 0.15) is 13.1 Å². The first-order chi connectivity index (χ1) is 8.15. The summed E-state index contributed by atoms with van der Waals surface area (Å²) in [6, 6.07) is 0. The lowest BCUT2D eigenvalue weighted by Crippen LogP contribution is -2.53. The van der Waals surface area contributed by atoms with Gasteiger partial charge in [0.25, 0.3) is 0 Å². The number of allylic oxidation sites excluding steroid dienone is 1. The number of carbonyl (C=O) groups is 3. The second-order valence-corrected chi connectivity index (χ2v) is 4.51. The molecule has 0 saturated carbocycles. The highest BCUT2D eigenvalue weighted by molar-refractivity contribution is 6.02. The number of hydrogen-bond donors (Lipinski definition) is 1. The second-order valence-electron chi connectivity index (χ2n) is 4.51. The summed E-state index contributed by atoms with van der Waals surface area (Å²) >= 11 is 0. The van der Waals surface area contributed by atoms with Crippen LogP contribution in [0.5, 0.6) is 0 Å². The minimum atomic E-state index is -0.396. The van der Waals surface area contributed by atoms with Crippen LogP contribution in [0.4, 0.5) is 0 Å². The van der Waals surface area contributed by atoms with Crippen LogP contribution in [-0.2, 0) is 14.4 Å². The Morgan fingerprint density at radius 2 is 1.94 bits per heavy atom. The number of nitrogens with zero attached hydrogens (tertiary/aromatic N) is 1. The third-order valence-electron chi connectivity index (χ3n) is 3.06. The zero-order chi connectivity index (χ0) is 12.3. The molecule has 3 amide bonds. The summed E-state index contributed by atoms with van der Waals surface area (Å²) in [5.74, 6) is -0.916. The smallest absolute Gasteiger partial charge is 0.246 e. The Bertz CT molecular complexity index is 371. The van der Waals surface area contributed by atoms with Crippen LogP contribution < -0.4 is 5.32 Å². The fourth-order valence-corrected chi connectivity index (χ4v) is 2.18. The summed E-state index contributed by atoms with van der Waals surface area (Å²) in [4.78, 5) is 35.5. The second kappa shape index (κ2) is 5.12. The Labute approximate surface area is 99.8 Å². The molecule has 0 aromatic heterocycles. The Balaban J connectivity index is 1.92. The van der Waals surface area contributed by atoms with Crippen LogP contribution in [0.15, 0.2) is 11.6 Å². The van der Waals surface area contributed by atoms with E-state index in [1.165, 1.54) is 11.3 Å². The molecule has 2 aliphatic rings. The molecule has 0 atom stereocenters. The summed E-state index contributed by atoms with van der Waals surface area (Å²) < 4.78 is 0. The summed E-state index contributed by atoms with van der Waals surface area (Å²) in [7, 11) is 0. The average Bonchev–Trinajstić information content (AvgIpc) is 2.29. The monoisotopic (exact) mass is 236 g/mol. The van der Waals surface area contributed by atoms with Crippen molar-refractivity contribution in [2.75, 3.05) is 13.1 Å². The van der Waals surface area contributed by atoms with Crippen molar-refractivity contribution in [3.63, 3.8) is 0 Å². The molecule has 1 aliphatic heterocycles. The highest BCUT2D eigenvalue weighted by Gasteiger charge is 2.26. The lowest BCUT2D eigenvalue weighted by Gasteiger charge is -2.26. The molecular formula is C12H16N2O3. The van der Waals surface area contributed by atoms with Gasteiger partial charge in [0.15, 0.2) is 0 Å². The first-order valence-corrected chi connectivity index (χ1v) is 5.93. The van der Waals surface area contributed by atoms with E-state index < -0.39 is 11.8 Å². The zero-order valence-electron chi connectivity index (χ0n) is 9.70. The van der Waals surface area contributed by atoms with E-state index in [9.17, 15) is 14.4 Å². The normalized spacial score (nSPS) is 20.9. The first kappa shape index (κ1) is 11.8. The highest BCUT2D eigenvalue weighted by atomic mass is 16.2. The van der Waals surface area contributed by atoms with Gasteiger partial charge in [-0.15, -0.1) is 0 Å². The van der Waals surface area contributed by atoms with Crippen LogP contribution in [0, 0.1) is 0 Å². The molecule has 1 N–H and O–H groups in total. The van der Waals surface area contributed by atoms with E-state index in [-0.39, 0.29) is 19.0 Å². The van der Waals surface area contributed by atoms with Crippen molar-refractivity contribution < 1.29 is 14.4 Å². The van der Waals surface area contributed by atoms with Gasteiger partial charge in [-0.25, -0.2) is 0 Å². The summed E-state index contributed by atoms with van der Waals surface area (Å²) in [5, 5.41) is 2.18. The first-order valence-electron chi connectivity index (χ1n) is 5.93. The Kier molecular flexibility index (Phi) is 3.56. The fraction of sp³-hybridized carbons (Fsp3) is 0.583. The van der Waals surface area contributed by atoms with Crippen molar-refractivity contribution in [3.05, 3.63) is 11.6 Å². The Morgan fingerprint density at radius 1 is 1.24 bits per heavy atom. The van der Waals surface area contributed by atoms with Gasteiger partial charge in [-0.1, -0.05) is 11.6 Å². The van der Waals surface area contributed by atoms with Crippen LogP contribution >= 0.6 is 0 Å². The predicted molar refractivity (Wildman–Crippen MR) is 60.9 cm³/mol. The lowest BCUT2D eigenvalue weighted by atomic mass is 9.97. The van der Waals surface area contributed by atoms with Gasteiger partial charge in [0, 0.05) is 6.42 Å². The third kappa shape index (κ3) is 3.15. The minimum Gasteiger partial charge on any atom is -0.324 e. The maximum atomic E-state index is 11.9. The van der Waals surface area contributed by atoms with Crippen LogP contribution in [0.3, 0.4) is 0 Å². The zero-order valence-corrected chi connectivity index (χ0v) is 9.70. The topological polar surface area (TPSA) is 66.5 Å². The summed E-state index contributed by atoms with van der Waals surface area (Å²) in [6.07, 6.45) is 6.75. The van der Waals surface area contributed by atoms with Gasteiger partial charge in [-0.2, -0.15) is 0 Å². The standard InChI is InChI=1S/C12H16N2O3/c15-10-7-14(8-11(16)13-10)12(17)6-9-4-2-1-3-5-9/h4H,1-3,5-8H2,(H,13,15,16). The molecule has 1 saturated heterocycles. The molecule has 17 heavy (non-hydrogen) atoms. The van der Waals surface area contributed by atoms with Crippen molar-refractivity contribution in [3.8, 4) is 0 Å². The molecule has 2 rings (SSSR count).